The van der Waals surface area contributed by atoms with E-state index in [0.29, 0.717) is 45.3 Å². The molecule has 1 aliphatic rings. The van der Waals surface area contributed by atoms with Crippen molar-refractivity contribution in [2.24, 2.45) is 0 Å². The van der Waals surface area contributed by atoms with Crippen LogP contribution in [0.1, 0.15) is 32.2 Å². The summed E-state index contributed by atoms with van der Waals surface area (Å²) in [4.78, 5) is 17.4. The van der Waals surface area contributed by atoms with Gasteiger partial charge in [-0.2, -0.15) is 0 Å². The van der Waals surface area contributed by atoms with Gasteiger partial charge in [0.1, 0.15) is 22.3 Å². The fraction of sp³-hybridized carbons (Fsp3) is 0.235. The number of aromatic nitrogens is 2. The van der Waals surface area contributed by atoms with Gasteiger partial charge in [0.15, 0.2) is 23.4 Å². The molecule has 128 valence electrons. The third kappa shape index (κ3) is 3.08. The zero-order valence-electron chi connectivity index (χ0n) is 13.6. The van der Waals surface area contributed by atoms with Crippen LogP contribution in [0.5, 0.6) is 11.5 Å². The van der Waals surface area contributed by atoms with Gasteiger partial charge in [-0.15, -0.1) is 11.3 Å². The topological polar surface area (TPSA) is 86.5 Å². The summed E-state index contributed by atoms with van der Waals surface area (Å²) in [7, 11) is 0. The molecule has 3 heterocycles. The second-order valence-electron chi connectivity index (χ2n) is 5.61. The molecule has 0 bridgehead atoms. The van der Waals surface area contributed by atoms with Crippen LogP contribution in [-0.4, -0.2) is 22.7 Å². The Morgan fingerprint density at radius 1 is 1.28 bits per heavy atom. The number of hydrogen-bond acceptors (Lipinski definition) is 7. The van der Waals surface area contributed by atoms with Gasteiger partial charge < -0.3 is 19.3 Å². The lowest BCUT2D eigenvalue weighted by Crippen LogP contribution is -2.21. The Bertz CT molecular complexity index is 934. The number of aryl methyl sites for hydroxylation is 2. The predicted octanol–water partition coefficient (Wildman–Crippen LogP) is 3.51. The van der Waals surface area contributed by atoms with E-state index in [1.807, 2.05) is 24.3 Å². The van der Waals surface area contributed by atoms with E-state index in [9.17, 15) is 4.79 Å². The van der Waals surface area contributed by atoms with Crippen molar-refractivity contribution in [2.45, 2.75) is 20.0 Å². The van der Waals surface area contributed by atoms with Crippen LogP contribution in [0.15, 0.2) is 34.9 Å². The number of rotatable bonds is 3. The molecule has 1 atom stereocenters. The first kappa shape index (κ1) is 15.6. The highest BCUT2D eigenvalue weighted by Gasteiger charge is 2.27. The standard InChI is InChI=1S/C17H15N3O4S/c1-9-7-14(20-24-9)19-16(21)15-10(2)18-17(25-15)13-8-22-11-5-3-4-6-12(11)23-13/h3-7,13H,8H2,1-2H3,(H,19,20,21). The van der Waals surface area contributed by atoms with Gasteiger partial charge in [-0.1, -0.05) is 17.3 Å². The van der Waals surface area contributed by atoms with Gasteiger partial charge in [-0.05, 0) is 26.0 Å². The summed E-state index contributed by atoms with van der Waals surface area (Å²) in [6.45, 7) is 3.91. The molecule has 0 saturated heterocycles. The molecule has 0 saturated carbocycles. The molecule has 0 aliphatic carbocycles. The van der Waals surface area contributed by atoms with Crippen LogP contribution in [0, 0.1) is 13.8 Å². The molecule has 0 radical (unpaired) electrons. The summed E-state index contributed by atoms with van der Waals surface area (Å²) in [6.07, 6.45) is -0.338. The Labute approximate surface area is 147 Å². The highest BCUT2D eigenvalue weighted by molar-refractivity contribution is 7.14. The second-order valence-corrected chi connectivity index (χ2v) is 6.64. The number of nitrogens with one attached hydrogen (secondary N) is 1. The van der Waals surface area contributed by atoms with E-state index in [1.165, 1.54) is 11.3 Å². The third-order valence-corrected chi connectivity index (χ3v) is 4.92. The van der Waals surface area contributed by atoms with E-state index in [4.69, 9.17) is 14.0 Å². The minimum absolute atomic E-state index is 0.272. The number of carbonyl (C=O) groups is 1. The van der Waals surface area contributed by atoms with Gasteiger partial charge in [0, 0.05) is 6.07 Å². The second kappa shape index (κ2) is 6.21. The number of amides is 1. The molecule has 8 heteroatoms. The van der Waals surface area contributed by atoms with E-state index in [-0.39, 0.29) is 12.0 Å². The lowest BCUT2D eigenvalue weighted by Gasteiger charge is -2.24. The van der Waals surface area contributed by atoms with E-state index in [0.717, 1.165) is 0 Å². The molecule has 2 aromatic heterocycles. The van der Waals surface area contributed by atoms with Crippen LogP contribution < -0.4 is 14.8 Å². The monoisotopic (exact) mass is 357 g/mol. The molecule has 4 rings (SSSR count). The van der Waals surface area contributed by atoms with Crippen molar-refractivity contribution in [3.05, 3.63) is 51.7 Å². The van der Waals surface area contributed by atoms with Crippen molar-refractivity contribution in [1.82, 2.24) is 10.1 Å². The highest BCUT2D eigenvalue weighted by Crippen LogP contribution is 2.37. The first-order valence-corrected chi connectivity index (χ1v) is 8.52. The number of benzene rings is 1. The summed E-state index contributed by atoms with van der Waals surface area (Å²) in [5, 5.41) is 7.17. The molecule has 1 N–H and O–H groups in total. The summed E-state index contributed by atoms with van der Waals surface area (Å²) in [6, 6.07) is 9.14. The number of para-hydroxylation sites is 2. The van der Waals surface area contributed by atoms with E-state index >= 15 is 0 Å². The van der Waals surface area contributed by atoms with Crippen LogP contribution >= 0.6 is 11.3 Å². The van der Waals surface area contributed by atoms with Crippen molar-refractivity contribution in [2.75, 3.05) is 11.9 Å². The molecule has 1 aliphatic heterocycles. The summed E-state index contributed by atoms with van der Waals surface area (Å²) in [5.41, 5.74) is 0.639. The van der Waals surface area contributed by atoms with Crippen LogP contribution in [-0.2, 0) is 0 Å². The molecule has 1 aromatic carbocycles. The van der Waals surface area contributed by atoms with Crippen molar-refractivity contribution < 1.29 is 18.8 Å². The van der Waals surface area contributed by atoms with E-state index < -0.39 is 0 Å². The minimum atomic E-state index is -0.338. The number of nitrogens with zero attached hydrogens (tertiary/aromatic N) is 2. The van der Waals surface area contributed by atoms with Gasteiger partial charge >= 0.3 is 0 Å². The fourth-order valence-electron chi connectivity index (χ4n) is 2.51. The summed E-state index contributed by atoms with van der Waals surface area (Å²) < 4.78 is 16.6. The molecule has 1 amide bonds. The van der Waals surface area contributed by atoms with Gasteiger partial charge in [-0.25, -0.2) is 4.98 Å². The zero-order valence-corrected chi connectivity index (χ0v) is 14.4. The van der Waals surface area contributed by atoms with Crippen LogP contribution in [0.4, 0.5) is 5.82 Å². The van der Waals surface area contributed by atoms with Gasteiger partial charge in [0.25, 0.3) is 5.91 Å². The number of thiazole rings is 1. The zero-order chi connectivity index (χ0) is 17.4. The minimum Gasteiger partial charge on any atom is -0.485 e. The number of carbonyl (C=O) groups excluding carboxylic acids is 1. The Morgan fingerprint density at radius 3 is 2.84 bits per heavy atom. The van der Waals surface area contributed by atoms with E-state index in [2.05, 4.69) is 15.5 Å². The molecule has 0 fully saturated rings. The van der Waals surface area contributed by atoms with Gasteiger partial charge in [-0.3, -0.25) is 4.79 Å². The number of hydrogen-bond donors (Lipinski definition) is 1. The van der Waals surface area contributed by atoms with Gasteiger partial charge in [0.2, 0.25) is 0 Å². The molecule has 7 nitrogen and oxygen atoms in total. The molecule has 1 unspecified atom stereocenters. The maximum absolute atomic E-state index is 12.4. The van der Waals surface area contributed by atoms with Gasteiger partial charge in [0.05, 0.1) is 5.69 Å². The van der Waals surface area contributed by atoms with Crippen LogP contribution in [0.25, 0.3) is 0 Å². The van der Waals surface area contributed by atoms with Crippen LogP contribution in [0.3, 0.4) is 0 Å². The molecular formula is C17H15N3O4S. The van der Waals surface area contributed by atoms with Crippen molar-refractivity contribution in [1.29, 1.82) is 0 Å². The SMILES string of the molecule is Cc1cc(NC(=O)c2sc(C3COc4ccccc4O3)nc2C)no1. The predicted molar refractivity (Wildman–Crippen MR) is 91.4 cm³/mol. The lowest BCUT2D eigenvalue weighted by molar-refractivity contribution is 0.0910. The number of ether oxygens (including phenoxy) is 2. The Morgan fingerprint density at radius 2 is 2.08 bits per heavy atom. The van der Waals surface area contributed by atoms with Crippen molar-refractivity contribution in [3.63, 3.8) is 0 Å². The maximum Gasteiger partial charge on any atom is 0.268 e. The number of fused-ring (bicyclic) bond motifs is 1. The molecule has 3 aromatic rings. The number of anilines is 1. The average molecular weight is 357 g/mol. The first-order valence-electron chi connectivity index (χ1n) is 7.70. The Kier molecular flexibility index (Phi) is 3.89. The highest BCUT2D eigenvalue weighted by atomic mass is 32.1. The van der Waals surface area contributed by atoms with Crippen molar-refractivity contribution >= 4 is 23.1 Å². The summed E-state index contributed by atoms with van der Waals surface area (Å²) in [5.74, 6) is 2.13. The third-order valence-electron chi connectivity index (χ3n) is 3.67. The quantitative estimate of drug-likeness (QED) is 0.772. The Balaban J connectivity index is 1.53. The largest absolute Gasteiger partial charge is 0.485 e. The fourth-order valence-corrected chi connectivity index (χ4v) is 3.48. The molecular weight excluding hydrogens is 342 g/mol. The normalized spacial score (nSPS) is 15.8. The summed E-state index contributed by atoms with van der Waals surface area (Å²) >= 11 is 1.29. The van der Waals surface area contributed by atoms with E-state index in [1.54, 1.807) is 19.9 Å². The maximum atomic E-state index is 12.4. The van der Waals surface area contributed by atoms with Crippen molar-refractivity contribution in [3.8, 4) is 11.5 Å². The lowest BCUT2D eigenvalue weighted by atomic mass is 10.2. The Hall–Kier alpha value is -2.87. The first-order chi connectivity index (χ1) is 12.1. The van der Waals surface area contributed by atoms with Crippen LogP contribution in [0.2, 0.25) is 0 Å². The average Bonchev–Trinajstić information content (AvgIpc) is 3.20. The molecule has 0 spiro atoms. The molecule has 25 heavy (non-hydrogen) atoms. The smallest absolute Gasteiger partial charge is 0.268 e.